The second-order valence-electron chi connectivity index (χ2n) is 8.17. The average Bonchev–Trinajstić information content (AvgIpc) is 2.64. The smallest absolute Gasteiger partial charge is 0.255 e. The van der Waals surface area contributed by atoms with Gasteiger partial charge >= 0.3 is 0 Å². The number of nitrogens with two attached hydrogens (primary N) is 1. The molecule has 0 radical (unpaired) electrons. The number of rotatable bonds is 2. The predicted molar refractivity (Wildman–Crippen MR) is 97.8 cm³/mol. The first-order valence-electron chi connectivity index (χ1n) is 9.42. The Hall–Kier alpha value is -2.79. The van der Waals surface area contributed by atoms with E-state index in [9.17, 15) is 45.0 Å². The van der Waals surface area contributed by atoms with Gasteiger partial charge in [-0.3, -0.25) is 14.4 Å². The van der Waals surface area contributed by atoms with Crippen molar-refractivity contribution in [2.75, 3.05) is 0 Å². The molecule has 8 N–H and O–H groups in total. The molecule has 0 aliphatic heterocycles. The number of hydrogen-bond donors (Lipinski definition) is 7. The first kappa shape index (κ1) is 20.5. The molecule has 1 amide bonds. The van der Waals surface area contributed by atoms with E-state index < -0.39 is 70.3 Å². The van der Waals surface area contributed by atoms with Crippen LogP contribution < -0.4 is 5.73 Å². The molecule has 0 saturated heterocycles. The summed E-state index contributed by atoms with van der Waals surface area (Å²) in [7, 11) is 0. The second kappa shape index (κ2) is 6.61. The van der Waals surface area contributed by atoms with Gasteiger partial charge < -0.3 is 36.4 Å². The number of phenolic OH excluding ortho intramolecular Hbond substituents is 1. The zero-order valence-corrected chi connectivity index (χ0v) is 15.6. The first-order chi connectivity index (χ1) is 14.0. The molecule has 30 heavy (non-hydrogen) atoms. The van der Waals surface area contributed by atoms with Crippen LogP contribution in [0.4, 0.5) is 0 Å². The number of phenols is 1. The molecule has 10 heteroatoms. The molecule has 160 valence electrons. The molecule has 1 fully saturated rings. The van der Waals surface area contributed by atoms with Crippen LogP contribution in [0, 0.1) is 17.8 Å². The number of aliphatic hydroxyl groups is 5. The van der Waals surface area contributed by atoms with Crippen LogP contribution in [-0.4, -0.2) is 59.8 Å². The van der Waals surface area contributed by atoms with Crippen molar-refractivity contribution < 1.29 is 45.0 Å². The molecule has 5 atom stereocenters. The summed E-state index contributed by atoms with van der Waals surface area (Å²) in [6.45, 7) is 0. The molecule has 2 unspecified atom stereocenters. The molecule has 1 saturated carbocycles. The number of amides is 1. The number of aromatic hydroxyl groups is 1. The van der Waals surface area contributed by atoms with E-state index in [1.54, 1.807) is 0 Å². The summed E-state index contributed by atoms with van der Waals surface area (Å²) in [5, 5.41) is 62.1. The number of ketones is 2. The summed E-state index contributed by atoms with van der Waals surface area (Å²) in [4.78, 5) is 37.1. The fourth-order valence-electron chi connectivity index (χ4n) is 5.33. The zero-order valence-electron chi connectivity index (χ0n) is 15.6. The van der Waals surface area contributed by atoms with E-state index in [4.69, 9.17) is 5.73 Å². The van der Waals surface area contributed by atoms with E-state index in [0.29, 0.717) is 0 Å². The summed E-state index contributed by atoms with van der Waals surface area (Å²) in [6, 6.07) is 2.40. The maximum absolute atomic E-state index is 13.2. The van der Waals surface area contributed by atoms with Gasteiger partial charge in [-0.05, 0) is 36.5 Å². The molecule has 0 heterocycles. The van der Waals surface area contributed by atoms with Crippen molar-refractivity contribution >= 4 is 17.5 Å². The van der Waals surface area contributed by atoms with E-state index >= 15 is 0 Å². The minimum atomic E-state index is -2.43. The summed E-state index contributed by atoms with van der Waals surface area (Å²) in [5.74, 6) is -7.10. The van der Waals surface area contributed by atoms with Crippen LogP contribution in [0.25, 0.3) is 0 Å². The third-order valence-electron chi connectivity index (χ3n) is 6.70. The van der Waals surface area contributed by atoms with Gasteiger partial charge in [0.1, 0.15) is 23.2 Å². The minimum absolute atomic E-state index is 0.0296. The highest BCUT2D eigenvalue weighted by Crippen LogP contribution is 2.53. The molecule has 0 bridgehead atoms. The van der Waals surface area contributed by atoms with Gasteiger partial charge in [0, 0.05) is 17.9 Å². The summed E-state index contributed by atoms with van der Waals surface area (Å²) < 4.78 is 0. The van der Waals surface area contributed by atoms with Crippen LogP contribution in [0.1, 0.15) is 40.6 Å². The van der Waals surface area contributed by atoms with E-state index in [2.05, 4.69) is 0 Å². The Kier molecular flexibility index (Phi) is 4.51. The second-order valence-corrected chi connectivity index (χ2v) is 8.17. The number of carbonyl (C=O) groups is 3. The van der Waals surface area contributed by atoms with Crippen molar-refractivity contribution in [3.05, 3.63) is 40.2 Å². The van der Waals surface area contributed by atoms with Crippen LogP contribution in [-0.2, 0) is 16.0 Å². The number of fused-ring (bicyclic) bond motifs is 3. The van der Waals surface area contributed by atoms with E-state index in [-0.39, 0.29) is 36.0 Å². The molecular formula is C20H21NO9. The lowest BCUT2D eigenvalue weighted by Crippen LogP contribution is -2.64. The number of carbonyl (C=O) groups excluding carboxylic acids is 3. The lowest BCUT2D eigenvalue weighted by atomic mass is 9.55. The number of aliphatic hydroxyl groups excluding tert-OH is 3. The quantitative estimate of drug-likeness (QED) is 0.225. The van der Waals surface area contributed by atoms with Crippen molar-refractivity contribution in [2.24, 2.45) is 23.5 Å². The van der Waals surface area contributed by atoms with E-state index in [1.807, 2.05) is 0 Å². The average molecular weight is 419 g/mol. The van der Waals surface area contributed by atoms with E-state index in [1.165, 1.54) is 6.07 Å². The Morgan fingerprint density at radius 3 is 2.43 bits per heavy atom. The molecule has 10 nitrogen and oxygen atoms in total. The normalized spacial score (nSPS) is 33.2. The lowest BCUT2D eigenvalue weighted by molar-refractivity contribution is -0.170. The fourth-order valence-corrected chi connectivity index (χ4v) is 5.33. The van der Waals surface area contributed by atoms with Crippen molar-refractivity contribution in [2.45, 2.75) is 37.3 Å². The molecule has 3 aliphatic rings. The Morgan fingerprint density at radius 2 is 1.83 bits per heavy atom. The van der Waals surface area contributed by atoms with Gasteiger partial charge in [0.05, 0.1) is 11.5 Å². The Labute approximate surface area is 169 Å². The van der Waals surface area contributed by atoms with Gasteiger partial charge in [0.15, 0.2) is 23.5 Å². The van der Waals surface area contributed by atoms with Gasteiger partial charge in [-0.15, -0.1) is 0 Å². The molecule has 4 rings (SSSR count). The Morgan fingerprint density at radius 1 is 1.17 bits per heavy atom. The lowest BCUT2D eigenvalue weighted by Gasteiger charge is -2.52. The molecular weight excluding hydrogens is 398 g/mol. The van der Waals surface area contributed by atoms with Gasteiger partial charge in [0.25, 0.3) is 5.91 Å². The van der Waals surface area contributed by atoms with Crippen molar-refractivity contribution in [3.63, 3.8) is 0 Å². The van der Waals surface area contributed by atoms with Gasteiger partial charge in [0.2, 0.25) is 0 Å². The topological polar surface area (TPSA) is 199 Å². The van der Waals surface area contributed by atoms with E-state index in [0.717, 1.165) is 6.07 Å². The fraction of sp³-hybridized carbons (Fsp3) is 0.450. The molecule has 1 aromatic carbocycles. The standard InChI is InChI=1S/C20H21NO9/c21-18(27)14-11(23)5-7-3-6-4-9-8(19(28)29)1-2-10(22)13(9)15(24)12(6)16(25)20(7,30)17(14)26/h1-2,6-7,12,16,19,22,25-26,28-30H,3-5H2,(H2,21,27)/t6-,7+,12?,16?,20+/m1/s1. The summed E-state index contributed by atoms with van der Waals surface area (Å²) >= 11 is 0. The summed E-state index contributed by atoms with van der Waals surface area (Å²) in [5.41, 5.74) is 1.95. The third-order valence-corrected chi connectivity index (χ3v) is 6.70. The Bertz CT molecular complexity index is 1010. The van der Waals surface area contributed by atoms with Crippen LogP contribution >= 0.6 is 0 Å². The molecule has 0 aromatic heterocycles. The number of benzene rings is 1. The van der Waals surface area contributed by atoms with Crippen LogP contribution in [0.5, 0.6) is 5.75 Å². The van der Waals surface area contributed by atoms with Crippen molar-refractivity contribution in [3.8, 4) is 5.75 Å². The maximum Gasteiger partial charge on any atom is 0.255 e. The van der Waals surface area contributed by atoms with Gasteiger partial charge in [-0.25, -0.2) is 0 Å². The van der Waals surface area contributed by atoms with Crippen molar-refractivity contribution in [1.29, 1.82) is 0 Å². The maximum atomic E-state index is 13.2. The van der Waals surface area contributed by atoms with Crippen LogP contribution in [0.2, 0.25) is 0 Å². The predicted octanol–water partition coefficient (Wildman–Crippen LogP) is -1.27. The summed E-state index contributed by atoms with van der Waals surface area (Å²) in [6.07, 6.45) is -4.04. The monoisotopic (exact) mass is 419 g/mol. The van der Waals surface area contributed by atoms with Crippen molar-refractivity contribution in [1.82, 2.24) is 0 Å². The minimum Gasteiger partial charge on any atom is -0.508 e. The van der Waals surface area contributed by atoms with Crippen LogP contribution in [0.15, 0.2) is 23.5 Å². The third kappa shape index (κ3) is 2.54. The number of primary amides is 1. The van der Waals surface area contributed by atoms with Gasteiger partial charge in [-0.1, -0.05) is 0 Å². The Balaban J connectivity index is 1.86. The zero-order chi connectivity index (χ0) is 22.1. The van der Waals surface area contributed by atoms with Crippen LogP contribution in [0.3, 0.4) is 0 Å². The highest BCUT2D eigenvalue weighted by Gasteiger charge is 2.62. The molecule has 1 aromatic rings. The highest BCUT2D eigenvalue weighted by molar-refractivity contribution is 6.20. The molecule has 3 aliphatic carbocycles. The molecule has 0 spiro atoms. The first-order valence-corrected chi connectivity index (χ1v) is 9.42. The van der Waals surface area contributed by atoms with Gasteiger partial charge in [-0.2, -0.15) is 0 Å². The number of hydrogen-bond acceptors (Lipinski definition) is 9. The largest absolute Gasteiger partial charge is 0.508 e. The highest BCUT2D eigenvalue weighted by atomic mass is 16.5. The SMILES string of the molecule is NC(=O)C1=C(O)[C@@]2(O)C(O)C3C(=O)c4c(O)ccc(C(O)O)c4C[C@H]3C[C@H]2CC1=O. The number of Topliss-reactive ketones (excluding diaryl/α,β-unsaturated/α-hetero) is 2.